The molecule has 3 N–H and O–H groups in total. The number of hydrogen-bond donors (Lipinski definition) is 3. The molecule has 0 radical (unpaired) electrons. The second-order valence-electron chi connectivity index (χ2n) is 7.46. The molecule has 1 aromatic carbocycles. The number of benzene rings is 1. The van der Waals surface area contributed by atoms with E-state index < -0.39 is 12.1 Å². The highest BCUT2D eigenvalue weighted by atomic mass is 16.2. The first kappa shape index (κ1) is 19.9. The monoisotopic (exact) mass is 383 g/mol. The molecular weight excluding hydrogens is 354 g/mol. The number of carbonyl (C=O) groups excluding carboxylic acids is 2. The topological polar surface area (TPSA) is 88.1 Å². The first-order chi connectivity index (χ1) is 13.5. The van der Waals surface area contributed by atoms with Gasteiger partial charge in [-0.3, -0.25) is 10.1 Å². The molecule has 1 aliphatic carbocycles. The van der Waals surface area contributed by atoms with Crippen LogP contribution in [0.15, 0.2) is 30.3 Å². The molecule has 1 aromatic heterocycles. The normalized spacial score (nSPS) is 15.7. The van der Waals surface area contributed by atoms with Crippen molar-refractivity contribution in [2.24, 2.45) is 0 Å². The highest BCUT2D eigenvalue weighted by molar-refractivity contribution is 5.98. The molecule has 1 atom stereocenters. The number of imide groups is 1. The molecule has 3 amide bonds. The summed E-state index contributed by atoms with van der Waals surface area (Å²) in [5.41, 5.74) is 3.47. The summed E-state index contributed by atoms with van der Waals surface area (Å²) in [5.74, 6) is -0.362. The molecule has 7 nitrogen and oxygen atoms in total. The van der Waals surface area contributed by atoms with E-state index in [0.717, 1.165) is 48.4 Å². The Kier molecular flexibility index (Phi) is 6.34. The summed E-state index contributed by atoms with van der Waals surface area (Å²) in [6, 6.07) is 9.02. The van der Waals surface area contributed by atoms with Crippen molar-refractivity contribution in [3.05, 3.63) is 41.7 Å². The summed E-state index contributed by atoms with van der Waals surface area (Å²) in [5, 5.41) is 13.1. The number of amides is 3. The van der Waals surface area contributed by atoms with Crippen LogP contribution in [-0.2, 0) is 4.79 Å². The molecule has 0 aliphatic heterocycles. The Balaban J connectivity index is 1.61. The Morgan fingerprint density at radius 2 is 1.79 bits per heavy atom. The van der Waals surface area contributed by atoms with Gasteiger partial charge in [-0.2, -0.15) is 5.10 Å². The molecule has 1 aliphatic rings. The molecule has 1 unspecified atom stereocenters. The van der Waals surface area contributed by atoms with Gasteiger partial charge in [0.05, 0.1) is 22.8 Å². The Bertz CT molecular complexity index is 825. The molecule has 1 heterocycles. The summed E-state index contributed by atoms with van der Waals surface area (Å²) in [6.45, 7) is 5.59. The lowest BCUT2D eigenvalue weighted by atomic mass is 9.96. The number of urea groups is 1. The molecule has 2 aromatic rings. The smallest absolute Gasteiger partial charge is 0.321 e. The van der Waals surface area contributed by atoms with Gasteiger partial charge < -0.3 is 10.6 Å². The van der Waals surface area contributed by atoms with Crippen LogP contribution in [0.4, 0.5) is 10.5 Å². The number of anilines is 1. The largest absolute Gasteiger partial charge is 0.371 e. The summed E-state index contributed by atoms with van der Waals surface area (Å²) in [6.07, 6.45) is 5.43. The molecular formula is C21H29N5O2. The zero-order valence-electron chi connectivity index (χ0n) is 16.8. The van der Waals surface area contributed by atoms with E-state index in [4.69, 9.17) is 0 Å². The van der Waals surface area contributed by atoms with E-state index in [9.17, 15) is 9.59 Å². The van der Waals surface area contributed by atoms with Gasteiger partial charge in [-0.25, -0.2) is 9.48 Å². The van der Waals surface area contributed by atoms with Crippen molar-refractivity contribution >= 4 is 17.6 Å². The average Bonchev–Trinajstić information content (AvgIpc) is 2.97. The third-order valence-electron chi connectivity index (χ3n) is 5.22. The SMILES string of the molecule is Cc1nn(-c2ccccc2)c(C)c1NC(C)C(=O)NC(=O)NC1CCCCC1. The van der Waals surface area contributed by atoms with Crippen molar-refractivity contribution in [2.45, 2.75) is 65.0 Å². The van der Waals surface area contributed by atoms with Gasteiger partial charge in [0, 0.05) is 6.04 Å². The number of aromatic nitrogens is 2. The molecule has 1 saturated carbocycles. The molecule has 7 heteroatoms. The molecule has 0 bridgehead atoms. The second-order valence-corrected chi connectivity index (χ2v) is 7.46. The van der Waals surface area contributed by atoms with Crippen molar-refractivity contribution in [1.29, 1.82) is 0 Å². The fourth-order valence-electron chi connectivity index (χ4n) is 3.64. The highest BCUT2D eigenvalue weighted by Gasteiger charge is 2.22. The van der Waals surface area contributed by atoms with E-state index in [1.54, 1.807) is 6.92 Å². The van der Waals surface area contributed by atoms with Crippen LogP contribution in [-0.4, -0.2) is 33.8 Å². The molecule has 0 saturated heterocycles. The maximum Gasteiger partial charge on any atom is 0.321 e. The van der Waals surface area contributed by atoms with E-state index in [-0.39, 0.29) is 11.9 Å². The highest BCUT2D eigenvalue weighted by Crippen LogP contribution is 2.23. The fourth-order valence-corrected chi connectivity index (χ4v) is 3.64. The number of para-hydroxylation sites is 1. The predicted octanol–water partition coefficient (Wildman–Crippen LogP) is 3.45. The third kappa shape index (κ3) is 4.71. The van der Waals surface area contributed by atoms with Gasteiger partial charge in [-0.1, -0.05) is 37.5 Å². The second kappa shape index (κ2) is 8.91. The van der Waals surface area contributed by atoms with Crippen LogP contribution in [0, 0.1) is 13.8 Å². The maximum absolute atomic E-state index is 12.4. The van der Waals surface area contributed by atoms with Crippen molar-refractivity contribution in [2.75, 3.05) is 5.32 Å². The van der Waals surface area contributed by atoms with E-state index in [0.29, 0.717) is 0 Å². The third-order valence-corrected chi connectivity index (χ3v) is 5.22. The zero-order valence-corrected chi connectivity index (χ0v) is 16.8. The first-order valence-electron chi connectivity index (χ1n) is 9.95. The zero-order chi connectivity index (χ0) is 20.1. The van der Waals surface area contributed by atoms with Gasteiger partial charge in [0.1, 0.15) is 6.04 Å². The van der Waals surface area contributed by atoms with Gasteiger partial charge in [-0.15, -0.1) is 0 Å². The van der Waals surface area contributed by atoms with Gasteiger partial charge in [0.25, 0.3) is 0 Å². The minimum absolute atomic E-state index is 0.165. The average molecular weight is 383 g/mol. The van der Waals surface area contributed by atoms with Crippen molar-refractivity contribution in [3.63, 3.8) is 0 Å². The van der Waals surface area contributed by atoms with Crippen LogP contribution in [0.3, 0.4) is 0 Å². The van der Waals surface area contributed by atoms with Crippen molar-refractivity contribution in [1.82, 2.24) is 20.4 Å². The number of nitrogens with zero attached hydrogens (tertiary/aromatic N) is 2. The van der Waals surface area contributed by atoms with Gasteiger partial charge in [-0.05, 0) is 45.7 Å². The summed E-state index contributed by atoms with van der Waals surface area (Å²) < 4.78 is 1.85. The van der Waals surface area contributed by atoms with Crippen LogP contribution in [0.5, 0.6) is 0 Å². The standard InChI is InChI=1S/C21H29N5O2/c1-14-19(16(3)26(25-14)18-12-8-5-9-13-18)22-15(2)20(27)24-21(28)23-17-10-6-4-7-11-17/h5,8-9,12-13,15,17,22H,4,6-7,10-11H2,1-3H3,(H2,23,24,27,28). The lowest BCUT2D eigenvalue weighted by Crippen LogP contribution is -2.49. The molecule has 28 heavy (non-hydrogen) atoms. The summed E-state index contributed by atoms with van der Waals surface area (Å²) in [7, 11) is 0. The molecule has 1 fully saturated rings. The summed E-state index contributed by atoms with van der Waals surface area (Å²) >= 11 is 0. The fraction of sp³-hybridized carbons (Fsp3) is 0.476. The number of aryl methyl sites for hydroxylation is 1. The van der Waals surface area contributed by atoms with E-state index in [1.165, 1.54) is 6.42 Å². The Morgan fingerprint density at radius 3 is 2.46 bits per heavy atom. The number of hydrogen-bond acceptors (Lipinski definition) is 4. The number of carbonyl (C=O) groups is 2. The lowest BCUT2D eigenvalue weighted by Gasteiger charge is -2.23. The van der Waals surface area contributed by atoms with Crippen LogP contribution >= 0.6 is 0 Å². The van der Waals surface area contributed by atoms with Gasteiger partial charge >= 0.3 is 6.03 Å². The van der Waals surface area contributed by atoms with Gasteiger partial charge in [0.15, 0.2) is 0 Å². The molecule has 0 spiro atoms. The van der Waals surface area contributed by atoms with E-state index in [2.05, 4.69) is 21.0 Å². The minimum Gasteiger partial charge on any atom is -0.371 e. The minimum atomic E-state index is -0.567. The Morgan fingerprint density at radius 1 is 1.11 bits per heavy atom. The predicted molar refractivity (Wildman–Crippen MR) is 110 cm³/mol. The Hall–Kier alpha value is -2.83. The molecule has 3 rings (SSSR count). The van der Waals surface area contributed by atoms with Crippen LogP contribution in [0.1, 0.15) is 50.4 Å². The first-order valence-corrected chi connectivity index (χ1v) is 9.95. The van der Waals surface area contributed by atoms with Gasteiger partial charge in [0.2, 0.25) is 5.91 Å². The lowest BCUT2D eigenvalue weighted by molar-refractivity contribution is -0.120. The van der Waals surface area contributed by atoms with E-state index in [1.807, 2.05) is 48.9 Å². The van der Waals surface area contributed by atoms with Crippen molar-refractivity contribution < 1.29 is 9.59 Å². The van der Waals surface area contributed by atoms with E-state index >= 15 is 0 Å². The number of nitrogens with one attached hydrogen (secondary N) is 3. The van der Waals surface area contributed by atoms with Crippen LogP contribution in [0.25, 0.3) is 5.69 Å². The molecule has 150 valence electrons. The maximum atomic E-state index is 12.4. The quantitative estimate of drug-likeness (QED) is 0.738. The Labute approximate surface area is 165 Å². The van der Waals surface area contributed by atoms with Crippen molar-refractivity contribution in [3.8, 4) is 5.69 Å². The number of rotatable bonds is 5. The summed E-state index contributed by atoms with van der Waals surface area (Å²) in [4.78, 5) is 24.6. The van der Waals surface area contributed by atoms with Crippen LogP contribution in [0.2, 0.25) is 0 Å². The van der Waals surface area contributed by atoms with Crippen LogP contribution < -0.4 is 16.0 Å².